The van der Waals surface area contributed by atoms with Crippen LogP contribution < -0.4 is 5.32 Å². The first-order chi connectivity index (χ1) is 9.88. The molecule has 1 amide bonds. The molecule has 0 bridgehead atoms. The lowest BCUT2D eigenvalue weighted by atomic mass is 10.1. The van der Waals surface area contributed by atoms with Crippen molar-refractivity contribution >= 4 is 11.6 Å². The summed E-state index contributed by atoms with van der Waals surface area (Å²) in [4.78, 5) is 14.7. The number of anilines is 1. The van der Waals surface area contributed by atoms with E-state index < -0.39 is 0 Å². The van der Waals surface area contributed by atoms with Crippen molar-refractivity contribution in [3.8, 4) is 0 Å². The first-order valence-corrected chi connectivity index (χ1v) is 7.65. The van der Waals surface area contributed by atoms with E-state index in [1.54, 1.807) is 0 Å². The van der Waals surface area contributed by atoms with E-state index in [4.69, 9.17) is 4.74 Å². The number of carbonyl (C=O) groups is 1. The molecule has 0 aliphatic carbocycles. The molecule has 0 radical (unpaired) electrons. The summed E-state index contributed by atoms with van der Waals surface area (Å²) in [6.45, 7) is 11.7. The number of hydrogen-bond acceptors (Lipinski definition) is 3. The third-order valence-electron chi connectivity index (χ3n) is 4.10. The monoisotopic (exact) mass is 290 g/mol. The molecule has 1 aliphatic rings. The van der Waals surface area contributed by atoms with Gasteiger partial charge in [0.2, 0.25) is 5.91 Å². The van der Waals surface area contributed by atoms with Crippen molar-refractivity contribution in [1.82, 2.24) is 4.90 Å². The molecular formula is C17H26N2O2. The Bertz CT molecular complexity index is 485. The van der Waals surface area contributed by atoms with Crippen LogP contribution in [0, 0.1) is 13.8 Å². The number of carbonyl (C=O) groups excluding carboxylic acids is 1. The van der Waals surface area contributed by atoms with Gasteiger partial charge in [0.05, 0.1) is 18.2 Å². The molecule has 1 aromatic carbocycles. The standard InChI is InChI=1S/C17H26N2O2/c1-11-7-6-8-12(2)16(11)18-17(20)15(5)19-9-13(3)21-14(4)10-19/h6-8,13-15H,9-10H2,1-5H3,(H,18,20)/t13-,14-,15-/m1/s1. The smallest absolute Gasteiger partial charge is 0.241 e. The van der Waals surface area contributed by atoms with Gasteiger partial charge in [0.25, 0.3) is 0 Å². The molecule has 0 saturated carbocycles. The van der Waals surface area contributed by atoms with Crippen LogP contribution in [0.1, 0.15) is 31.9 Å². The summed E-state index contributed by atoms with van der Waals surface area (Å²) in [5, 5.41) is 3.08. The molecule has 3 atom stereocenters. The van der Waals surface area contributed by atoms with E-state index in [-0.39, 0.29) is 24.2 Å². The van der Waals surface area contributed by atoms with Crippen molar-refractivity contribution in [1.29, 1.82) is 0 Å². The van der Waals surface area contributed by atoms with Crippen LogP contribution in [-0.2, 0) is 9.53 Å². The van der Waals surface area contributed by atoms with Gasteiger partial charge in [-0.15, -0.1) is 0 Å². The number of hydrogen-bond donors (Lipinski definition) is 1. The van der Waals surface area contributed by atoms with Crippen molar-refractivity contribution in [3.05, 3.63) is 29.3 Å². The van der Waals surface area contributed by atoms with Crippen molar-refractivity contribution < 1.29 is 9.53 Å². The zero-order chi connectivity index (χ0) is 15.6. The zero-order valence-electron chi connectivity index (χ0n) is 13.6. The zero-order valence-corrected chi connectivity index (χ0v) is 13.6. The summed E-state index contributed by atoms with van der Waals surface area (Å²) < 4.78 is 5.73. The molecule has 1 aromatic rings. The van der Waals surface area contributed by atoms with Gasteiger partial charge in [-0.05, 0) is 45.7 Å². The van der Waals surface area contributed by atoms with E-state index >= 15 is 0 Å². The first kappa shape index (κ1) is 16.0. The molecule has 1 heterocycles. The summed E-state index contributed by atoms with van der Waals surface area (Å²) in [7, 11) is 0. The normalized spacial score (nSPS) is 24.6. The number of para-hydroxylation sites is 1. The molecule has 0 aromatic heterocycles. The Hall–Kier alpha value is -1.39. The second-order valence-corrected chi connectivity index (χ2v) is 6.14. The van der Waals surface area contributed by atoms with Gasteiger partial charge in [0, 0.05) is 18.8 Å². The fourth-order valence-corrected chi connectivity index (χ4v) is 2.94. The number of nitrogens with one attached hydrogen (secondary N) is 1. The van der Waals surface area contributed by atoms with E-state index in [9.17, 15) is 4.79 Å². The van der Waals surface area contributed by atoms with Crippen LogP contribution in [0.25, 0.3) is 0 Å². The van der Waals surface area contributed by atoms with E-state index in [1.165, 1.54) is 0 Å². The number of ether oxygens (including phenoxy) is 1. The maximum Gasteiger partial charge on any atom is 0.241 e. The molecule has 1 fully saturated rings. The van der Waals surface area contributed by atoms with Gasteiger partial charge in [-0.2, -0.15) is 0 Å². The van der Waals surface area contributed by atoms with Gasteiger partial charge in [0.1, 0.15) is 0 Å². The summed E-state index contributed by atoms with van der Waals surface area (Å²) >= 11 is 0. The lowest BCUT2D eigenvalue weighted by molar-refractivity contribution is -0.126. The summed E-state index contributed by atoms with van der Waals surface area (Å²) in [5.74, 6) is 0.0497. The molecule has 21 heavy (non-hydrogen) atoms. The van der Waals surface area contributed by atoms with E-state index in [0.29, 0.717) is 0 Å². The average molecular weight is 290 g/mol. The predicted octanol–water partition coefficient (Wildman–Crippen LogP) is 2.74. The van der Waals surface area contributed by atoms with Crippen LogP contribution in [0.5, 0.6) is 0 Å². The molecule has 0 spiro atoms. The Morgan fingerprint density at radius 2 is 1.76 bits per heavy atom. The van der Waals surface area contributed by atoms with Crippen molar-refractivity contribution in [2.75, 3.05) is 18.4 Å². The Morgan fingerprint density at radius 3 is 2.29 bits per heavy atom. The second-order valence-electron chi connectivity index (χ2n) is 6.14. The Balaban J connectivity index is 2.06. The second kappa shape index (κ2) is 6.58. The molecule has 1 saturated heterocycles. The highest BCUT2D eigenvalue weighted by atomic mass is 16.5. The minimum Gasteiger partial charge on any atom is -0.373 e. The molecule has 2 rings (SSSR count). The maximum absolute atomic E-state index is 12.5. The van der Waals surface area contributed by atoms with Gasteiger partial charge in [-0.25, -0.2) is 0 Å². The Morgan fingerprint density at radius 1 is 1.24 bits per heavy atom. The number of aryl methyl sites for hydroxylation is 2. The highest BCUT2D eigenvalue weighted by molar-refractivity contribution is 5.95. The fraction of sp³-hybridized carbons (Fsp3) is 0.588. The number of amides is 1. The molecule has 1 aliphatic heterocycles. The van der Waals surface area contributed by atoms with Gasteiger partial charge in [-0.3, -0.25) is 9.69 Å². The van der Waals surface area contributed by atoms with Crippen molar-refractivity contribution in [3.63, 3.8) is 0 Å². The quantitative estimate of drug-likeness (QED) is 0.930. The molecule has 1 N–H and O–H groups in total. The van der Waals surface area contributed by atoms with Crippen LogP contribution in [0.15, 0.2) is 18.2 Å². The average Bonchev–Trinajstić information content (AvgIpc) is 2.41. The minimum atomic E-state index is -0.155. The number of rotatable bonds is 3. The summed E-state index contributed by atoms with van der Waals surface area (Å²) in [6, 6.07) is 5.89. The van der Waals surface area contributed by atoms with Gasteiger partial charge in [-0.1, -0.05) is 18.2 Å². The molecule has 0 unspecified atom stereocenters. The third-order valence-corrected chi connectivity index (χ3v) is 4.10. The molecule has 4 heteroatoms. The fourth-order valence-electron chi connectivity index (χ4n) is 2.94. The van der Waals surface area contributed by atoms with Gasteiger partial charge < -0.3 is 10.1 Å². The van der Waals surface area contributed by atoms with Gasteiger partial charge in [0.15, 0.2) is 0 Å². The number of nitrogens with zero attached hydrogens (tertiary/aromatic N) is 1. The highest BCUT2D eigenvalue weighted by Gasteiger charge is 2.29. The van der Waals surface area contributed by atoms with Crippen LogP contribution in [0.4, 0.5) is 5.69 Å². The van der Waals surface area contributed by atoms with Crippen molar-refractivity contribution in [2.45, 2.75) is 52.9 Å². The SMILES string of the molecule is Cc1cccc(C)c1NC(=O)[C@@H](C)N1C[C@@H](C)O[C@H](C)C1. The Kier molecular flexibility index (Phi) is 5.01. The topological polar surface area (TPSA) is 41.6 Å². The van der Waals surface area contributed by atoms with Crippen LogP contribution in [0.2, 0.25) is 0 Å². The largest absolute Gasteiger partial charge is 0.373 e. The number of benzene rings is 1. The van der Waals surface area contributed by atoms with Crippen LogP contribution in [-0.4, -0.2) is 42.1 Å². The summed E-state index contributed by atoms with van der Waals surface area (Å²) in [6.07, 6.45) is 0.341. The van der Waals surface area contributed by atoms with Crippen LogP contribution >= 0.6 is 0 Å². The highest BCUT2D eigenvalue weighted by Crippen LogP contribution is 2.21. The molecular weight excluding hydrogens is 264 g/mol. The minimum absolute atomic E-state index is 0.0497. The van der Waals surface area contributed by atoms with Crippen molar-refractivity contribution in [2.24, 2.45) is 0 Å². The van der Waals surface area contributed by atoms with E-state index in [2.05, 4.69) is 24.1 Å². The maximum atomic E-state index is 12.5. The Labute approximate surface area is 127 Å². The third kappa shape index (κ3) is 3.83. The first-order valence-electron chi connectivity index (χ1n) is 7.65. The number of morpholine rings is 1. The summed E-state index contributed by atoms with van der Waals surface area (Å²) in [5.41, 5.74) is 3.13. The molecule has 116 valence electrons. The lowest BCUT2D eigenvalue weighted by Gasteiger charge is -2.38. The van der Waals surface area contributed by atoms with Crippen LogP contribution in [0.3, 0.4) is 0 Å². The van der Waals surface area contributed by atoms with E-state index in [1.807, 2.05) is 39.0 Å². The van der Waals surface area contributed by atoms with E-state index in [0.717, 1.165) is 29.9 Å². The van der Waals surface area contributed by atoms with Gasteiger partial charge >= 0.3 is 0 Å². The lowest BCUT2D eigenvalue weighted by Crippen LogP contribution is -2.52. The molecule has 4 nitrogen and oxygen atoms in total. The predicted molar refractivity (Wildman–Crippen MR) is 85.6 cm³/mol.